The summed E-state index contributed by atoms with van der Waals surface area (Å²) in [5.74, 6) is -0.903. The molecular formula is C20H28FN3O5. The second-order valence-corrected chi connectivity index (χ2v) is 7.29. The Bertz CT molecular complexity index is 709. The number of aliphatic hydroxyl groups excluding tert-OH is 1. The van der Waals surface area contributed by atoms with E-state index < -0.39 is 17.3 Å². The highest BCUT2D eigenvalue weighted by atomic mass is 19.1. The van der Waals surface area contributed by atoms with Crippen molar-refractivity contribution in [2.24, 2.45) is 5.41 Å². The fourth-order valence-electron chi connectivity index (χ4n) is 3.26. The van der Waals surface area contributed by atoms with Crippen LogP contribution < -0.4 is 20.3 Å². The van der Waals surface area contributed by atoms with Crippen molar-refractivity contribution < 1.29 is 28.6 Å². The fraction of sp³-hybridized carbons (Fsp3) is 0.550. The lowest BCUT2D eigenvalue weighted by atomic mass is 9.78. The van der Waals surface area contributed by atoms with E-state index in [9.17, 15) is 23.9 Å². The molecular weight excluding hydrogens is 381 g/mol. The molecule has 1 aliphatic heterocycles. The Morgan fingerprint density at radius 2 is 2.14 bits per heavy atom. The smallest absolute Gasteiger partial charge is 0.216 e. The number of ether oxygens (including phenoxy) is 1. The molecule has 1 aliphatic rings. The van der Waals surface area contributed by atoms with Crippen LogP contribution in [0, 0.1) is 11.2 Å². The number of hydrogen-bond acceptors (Lipinski definition) is 6. The summed E-state index contributed by atoms with van der Waals surface area (Å²) in [5.41, 5.74) is -0.172. The van der Waals surface area contributed by atoms with Gasteiger partial charge in [-0.05, 0) is 44.5 Å². The molecule has 1 aromatic rings. The highest BCUT2D eigenvalue weighted by Crippen LogP contribution is 2.31. The first-order valence-electron chi connectivity index (χ1n) is 9.63. The summed E-state index contributed by atoms with van der Waals surface area (Å²) in [4.78, 5) is 34.8. The minimum atomic E-state index is -0.993. The number of nitrogens with zero attached hydrogens (tertiary/aromatic N) is 1. The molecule has 2 rings (SSSR count). The van der Waals surface area contributed by atoms with Crippen LogP contribution in [0.3, 0.4) is 0 Å². The number of carbonyl (C=O) groups excluding carboxylic acids is 3. The average Bonchev–Trinajstić information content (AvgIpc) is 2.72. The summed E-state index contributed by atoms with van der Waals surface area (Å²) < 4.78 is 19.9. The van der Waals surface area contributed by atoms with E-state index in [1.54, 1.807) is 0 Å². The van der Waals surface area contributed by atoms with E-state index in [1.807, 2.05) is 0 Å². The molecule has 8 nitrogen and oxygen atoms in total. The van der Waals surface area contributed by atoms with Crippen molar-refractivity contribution in [2.45, 2.75) is 32.3 Å². The molecule has 1 atom stereocenters. The van der Waals surface area contributed by atoms with Gasteiger partial charge in [0.2, 0.25) is 12.3 Å². The van der Waals surface area contributed by atoms with Crippen molar-refractivity contribution in [1.29, 1.82) is 0 Å². The molecule has 0 bridgehead atoms. The maximum atomic E-state index is 14.4. The van der Waals surface area contributed by atoms with Crippen molar-refractivity contribution in [1.82, 2.24) is 10.6 Å². The van der Waals surface area contributed by atoms with Gasteiger partial charge in [0.25, 0.3) is 0 Å². The van der Waals surface area contributed by atoms with Gasteiger partial charge in [-0.3, -0.25) is 9.59 Å². The molecule has 2 amide bonds. The number of rotatable bonds is 11. The van der Waals surface area contributed by atoms with E-state index in [1.165, 1.54) is 19.1 Å². The van der Waals surface area contributed by atoms with Gasteiger partial charge >= 0.3 is 0 Å². The Kier molecular flexibility index (Phi) is 8.53. The summed E-state index contributed by atoms with van der Waals surface area (Å²) in [6.45, 7) is 2.97. The Morgan fingerprint density at radius 3 is 2.72 bits per heavy atom. The second kappa shape index (κ2) is 10.9. The van der Waals surface area contributed by atoms with E-state index >= 15 is 0 Å². The molecule has 0 aliphatic carbocycles. The topological polar surface area (TPSA) is 108 Å². The molecule has 0 spiro atoms. The van der Waals surface area contributed by atoms with Crippen LogP contribution in [0.1, 0.15) is 26.2 Å². The zero-order valence-electron chi connectivity index (χ0n) is 16.5. The fourth-order valence-corrected chi connectivity index (χ4v) is 3.26. The summed E-state index contributed by atoms with van der Waals surface area (Å²) in [7, 11) is 0. The van der Waals surface area contributed by atoms with Crippen molar-refractivity contribution in [2.75, 3.05) is 37.7 Å². The van der Waals surface area contributed by atoms with Gasteiger partial charge in [-0.25, -0.2) is 4.39 Å². The zero-order valence-corrected chi connectivity index (χ0v) is 16.5. The van der Waals surface area contributed by atoms with Crippen LogP contribution in [0.2, 0.25) is 0 Å². The highest BCUT2D eigenvalue weighted by molar-refractivity contribution is 5.75. The molecule has 0 saturated carbocycles. The predicted octanol–water partition coefficient (Wildman–Crippen LogP) is 0.623. The van der Waals surface area contributed by atoms with Gasteiger partial charge in [-0.1, -0.05) is 0 Å². The molecule has 1 aromatic carbocycles. The van der Waals surface area contributed by atoms with Gasteiger partial charge in [0.15, 0.2) is 11.6 Å². The number of aldehydes is 1. The largest absolute Gasteiger partial charge is 0.490 e. The first-order chi connectivity index (χ1) is 13.9. The van der Waals surface area contributed by atoms with Gasteiger partial charge < -0.3 is 30.2 Å². The van der Waals surface area contributed by atoms with E-state index in [-0.39, 0.29) is 37.0 Å². The van der Waals surface area contributed by atoms with E-state index in [2.05, 4.69) is 10.6 Å². The third-order valence-corrected chi connectivity index (χ3v) is 5.08. The maximum absolute atomic E-state index is 14.4. The number of nitrogens with one attached hydrogen (secondary N) is 2. The van der Waals surface area contributed by atoms with E-state index in [0.717, 1.165) is 43.2 Å². The third-order valence-electron chi connectivity index (χ3n) is 5.08. The van der Waals surface area contributed by atoms with Crippen LogP contribution in [-0.4, -0.2) is 62.6 Å². The Hall–Kier alpha value is -2.52. The standard InChI is InChI=1S/C20H28FN3O5/c1-15(27)23-11-17(28)12-24(14-26)16-2-3-19(18(21)10-16)29-9-6-20(13-25)4-7-22-8-5-20/h2-3,10,13-14,17,22,28H,4-9,11-12H2,1H3,(H,23,27)/t17-/m0/s1. The Balaban J connectivity index is 1.93. The number of carbonyl (C=O) groups is 3. The van der Waals surface area contributed by atoms with Crippen molar-refractivity contribution in [3.05, 3.63) is 24.0 Å². The SMILES string of the molecule is CC(=O)NC[C@H](O)CN(C=O)c1ccc(OCCC2(C=O)CCNCC2)c(F)c1. The van der Waals surface area contributed by atoms with Gasteiger partial charge in [0.05, 0.1) is 19.3 Å². The minimum absolute atomic E-state index is 0.0165. The number of anilines is 1. The number of piperidine rings is 1. The lowest BCUT2D eigenvalue weighted by molar-refractivity contribution is -0.119. The van der Waals surface area contributed by atoms with Gasteiger partial charge in [0, 0.05) is 30.6 Å². The number of hydrogen-bond donors (Lipinski definition) is 3. The zero-order chi connectivity index (χ0) is 21.3. The highest BCUT2D eigenvalue weighted by Gasteiger charge is 2.31. The number of amides is 2. The minimum Gasteiger partial charge on any atom is -0.490 e. The van der Waals surface area contributed by atoms with Crippen molar-refractivity contribution in [3.8, 4) is 5.75 Å². The summed E-state index contributed by atoms with van der Waals surface area (Å²) >= 11 is 0. The van der Waals surface area contributed by atoms with E-state index in [4.69, 9.17) is 4.74 Å². The monoisotopic (exact) mass is 409 g/mol. The van der Waals surface area contributed by atoms with Crippen LogP contribution in [0.25, 0.3) is 0 Å². The molecule has 0 unspecified atom stereocenters. The average molecular weight is 409 g/mol. The van der Waals surface area contributed by atoms with Crippen LogP contribution in [0.4, 0.5) is 10.1 Å². The molecule has 0 aromatic heterocycles. The van der Waals surface area contributed by atoms with Crippen molar-refractivity contribution >= 4 is 24.3 Å². The Morgan fingerprint density at radius 1 is 1.41 bits per heavy atom. The molecule has 3 N–H and O–H groups in total. The first-order valence-corrected chi connectivity index (χ1v) is 9.63. The number of aliphatic hydroxyl groups is 1. The molecule has 1 fully saturated rings. The van der Waals surface area contributed by atoms with Crippen LogP contribution in [0.15, 0.2) is 18.2 Å². The summed E-state index contributed by atoms with van der Waals surface area (Å²) in [5, 5.41) is 15.6. The summed E-state index contributed by atoms with van der Waals surface area (Å²) in [6.07, 6.45) is 2.44. The molecule has 160 valence electrons. The summed E-state index contributed by atoms with van der Waals surface area (Å²) in [6, 6.07) is 4.07. The second-order valence-electron chi connectivity index (χ2n) is 7.29. The number of benzene rings is 1. The normalized spacial score (nSPS) is 16.5. The molecule has 29 heavy (non-hydrogen) atoms. The van der Waals surface area contributed by atoms with Crippen LogP contribution in [0.5, 0.6) is 5.75 Å². The van der Waals surface area contributed by atoms with Crippen molar-refractivity contribution in [3.63, 3.8) is 0 Å². The van der Waals surface area contributed by atoms with Gasteiger partial charge in [-0.15, -0.1) is 0 Å². The van der Waals surface area contributed by atoms with E-state index in [0.29, 0.717) is 12.8 Å². The molecule has 0 radical (unpaired) electrons. The molecule has 1 heterocycles. The first kappa shape index (κ1) is 22.8. The number of halogens is 1. The quantitative estimate of drug-likeness (QED) is 0.463. The van der Waals surface area contributed by atoms with Gasteiger partial charge in [-0.2, -0.15) is 0 Å². The van der Waals surface area contributed by atoms with Crippen LogP contribution >= 0.6 is 0 Å². The van der Waals surface area contributed by atoms with Gasteiger partial charge in [0.1, 0.15) is 6.29 Å². The molecule has 9 heteroatoms. The maximum Gasteiger partial charge on any atom is 0.216 e. The lowest BCUT2D eigenvalue weighted by Gasteiger charge is -2.32. The lowest BCUT2D eigenvalue weighted by Crippen LogP contribution is -2.39. The predicted molar refractivity (Wildman–Crippen MR) is 105 cm³/mol. The third kappa shape index (κ3) is 6.79. The van der Waals surface area contributed by atoms with Crippen LogP contribution in [-0.2, 0) is 14.4 Å². The molecule has 1 saturated heterocycles. The Labute approximate surface area is 169 Å².